The van der Waals surface area contributed by atoms with E-state index >= 15 is 0 Å². The van der Waals surface area contributed by atoms with Crippen molar-refractivity contribution in [2.45, 2.75) is 39.8 Å². The Morgan fingerprint density at radius 3 is 2.61 bits per heavy atom. The van der Waals surface area contributed by atoms with Crippen LogP contribution in [-0.2, 0) is 16.1 Å². The second kappa shape index (κ2) is 7.29. The number of carbonyl (C=O) groups is 2. The van der Waals surface area contributed by atoms with Crippen molar-refractivity contribution >= 4 is 23.7 Å². The SMILES string of the molecule is CCN1C(=O)C2C(=Nc3n2c(C)c(C)[n+]3CCCN2CCOCC2)N(C)C1=O. The number of amides is 3. The van der Waals surface area contributed by atoms with Crippen LogP contribution >= 0.6 is 0 Å². The van der Waals surface area contributed by atoms with Gasteiger partial charge in [0.25, 0.3) is 5.91 Å². The van der Waals surface area contributed by atoms with Gasteiger partial charge in [-0.2, -0.15) is 0 Å². The zero-order valence-corrected chi connectivity index (χ0v) is 17.1. The molecule has 1 atom stereocenters. The van der Waals surface area contributed by atoms with Gasteiger partial charge in [0, 0.05) is 33.2 Å². The topological polar surface area (TPSA) is 74.3 Å². The number of carbonyl (C=O) groups excluding carboxylic acids is 2. The molecule has 3 aliphatic heterocycles. The maximum atomic E-state index is 13.0. The van der Waals surface area contributed by atoms with E-state index in [2.05, 4.69) is 16.4 Å². The molecule has 1 aromatic heterocycles. The minimum absolute atomic E-state index is 0.193. The third-order valence-electron chi connectivity index (χ3n) is 6.10. The number of hydrogen-bond acceptors (Lipinski definition) is 5. The van der Waals surface area contributed by atoms with Crippen LogP contribution in [0.2, 0.25) is 0 Å². The summed E-state index contributed by atoms with van der Waals surface area (Å²) in [6.45, 7) is 11.7. The van der Waals surface area contributed by atoms with Crippen molar-refractivity contribution in [2.75, 3.05) is 46.4 Å². The van der Waals surface area contributed by atoms with Gasteiger partial charge in [-0.05, 0) is 27.2 Å². The lowest BCUT2D eigenvalue weighted by molar-refractivity contribution is -0.689. The summed E-state index contributed by atoms with van der Waals surface area (Å²) in [6.07, 6.45) is 1.00. The zero-order chi connectivity index (χ0) is 20.0. The number of urea groups is 1. The van der Waals surface area contributed by atoms with E-state index in [-0.39, 0.29) is 11.9 Å². The standard InChI is InChI=1S/C19H29N6O3/c1-5-23-17(26)15-16(21(4)19(23)27)20-18-24(13(2)14(3)25(15)18)8-6-7-22-9-11-28-12-10-22/h15H,5-12H2,1-4H3/q+1. The second-order valence-electron chi connectivity index (χ2n) is 7.60. The van der Waals surface area contributed by atoms with Gasteiger partial charge in [0.2, 0.25) is 11.9 Å². The Morgan fingerprint density at radius 1 is 1.21 bits per heavy atom. The molecule has 9 nitrogen and oxygen atoms in total. The van der Waals surface area contributed by atoms with Crippen LogP contribution in [0.3, 0.4) is 0 Å². The fraction of sp³-hybridized carbons (Fsp3) is 0.684. The molecule has 1 aromatic rings. The molecule has 1 unspecified atom stereocenters. The zero-order valence-electron chi connectivity index (χ0n) is 17.1. The molecule has 0 N–H and O–H groups in total. The van der Waals surface area contributed by atoms with Crippen molar-refractivity contribution in [3.63, 3.8) is 0 Å². The highest BCUT2D eigenvalue weighted by Gasteiger charge is 2.53. The highest BCUT2D eigenvalue weighted by atomic mass is 16.5. The summed E-state index contributed by atoms with van der Waals surface area (Å²) in [5.74, 6) is 1.10. The highest BCUT2D eigenvalue weighted by Crippen LogP contribution is 2.35. The van der Waals surface area contributed by atoms with E-state index in [1.807, 2.05) is 18.4 Å². The Morgan fingerprint density at radius 2 is 1.93 bits per heavy atom. The molecule has 0 aliphatic carbocycles. The summed E-state index contributed by atoms with van der Waals surface area (Å²) in [6, 6.07) is -0.849. The number of likely N-dealkylation sites (N-methyl/N-ethyl adjacent to an activating group) is 2. The predicted octanol–water partition coefficient (Wildman–Crippen LogP) is 0.613. The summed E-state index contributed by atoms with van der Waals surface area (Å²) in [5.41, 5.74) is 2.15. The number of rotatable bonds is 5. The molecular formula is C19H29N6O3+. The molecule has 0 saturated carbocycles. The molecule has 4 rings (SSSR count). The van der Waals surface area contributed by atoms with E-state index in [1.165, 1.54) is 9.80 Å². The van der Waals surface area contributed by atoms with Crippen LogP contribution in [0, 0.1) is 13.8 Å². The highest BCUT2D eigenvalue weighted by molar-refractivity contribution is 6.20. The Hall–Kier alpha value is -2.26. The lowest BCUT2D eigenvalue weighted by Gasteiger charge is -2.32. The minimum atomic E-state index is -0.545. The molecule has 4 heterocycles. The van der Waals surface area contributed by atoms with Crippen molar-refractivity contribution in [1.82, 2.24) is 19.3 Å². The van der Waals surface area contributed by atoms with Crippen molar-refractivity contribution in [3.8, 4) is 0 Å². The largest absolute Gasteiger partial charge is 0.402 e. The van der Waals surface area contributed by atoms with Gasteiger partial charge in [-0.15, -0.1) is 0 Å². The lowest BCUT2D eigenvalue weighted by atomic mass is 10.1. The molecule has 0 bridgehead atoms. The maximum absolute atomic E-state index is 13.0. The number of imide groups is 1. The molecule has 3 aliphatic rings. The van der Waals surface area contributed by atoms with Gasteiger partial charge >= 0.3 is 12.0 Å². The quantitative estimate of drug-likeness (QED) is 0.692. The number of imidazole rings is 1. The van der Waals surface area contributed by atoms with E-state index in [0.717, 1.165) is 63.1 Å². The van der Waals surface area contributed by atoms with Crippen LogP contribution in [0.15, 0.2) is 4.99 Å². The molecule has 3 amide bonds. The molecule has 0 spiro atoms. The number of hydrogen-bond donors (Lipinski definition) is 0. The molecule has 0 aromatic carbocycles. The predicted molar refractivity (Wildman–Crippen MR) is 103 cm³/mol. The first-order chi connectivity index (χ1) is 13.5. The number of aromatic nitrogens is 2. The lowest BCUT2D eigenvalue weighted by Crippen LogP contribution is -2.57. The Kier molecular flexibility index (Phi) is 4.96. The van der Waals surface area contributed by atoms with Gasteiger partial charge < -0.3 is 4.74 Å². The first-order valence-electron chi connectivity index (χ1n) is 10.0. The van der Waals surface area contributed by atoms with Gasteiger partial charge in [0.05, 0.1) is 19.8 Å². The van der Waals surface area contributed by atoms with Crippen LogP contribution < -0.4 is 4.57 Å². The van der Waals surface area contributed by atoms with E-state index in [9.17, 15) is 9.59 Å². The summed E-state index contributed by atoms with van der Waals surface area (Å²) in [7, 11) is 1.70. The van der Waals surface area contributed by atoms with E-state index in [0.29, 0.717) is 12.4 Å². The maximum Gasteiger partial charge on any atom is 0.402 e. The molecule has 0 radical (unpaired) electrons. The summed E-state index contributed by atoms with van der Waals surface area (Å²) in [4.78, 5) is 35.5. The molecule has 2 fully saturated rings. The number of ether oxygens (including phenoxy) is 1. The Balaban J connectivity index is 1.60. The van der Waals surface area contributed by atoms with Crippen molar-refractivity contribution in [1.29, 1.82) is 0 Å². The summed E-state index contributed by atoms with van der Waals surface area (Å²) < 4.78 is 9.59. The Labute approximate surface area is 165 Å². The van der Waals surface area contributed by atoms with E-state index < -0.39 is 6.04 Å². The molecular weight excluding hydrogens is 360 g/mol. The average molecular weight is 389 g/mol. The number of amidine groups is 1. The number of fused-ring (bicyclic) bond motifs is 3. The number of nitrogens with zero attached hydrogens (tertiary/aromatic N) is 6. The number of aliphatic imine (C=N–C) groups is 1. The van der Waals surface area contributed by atoms with Gasteiger partial charge in [-0.25, -0.2) is 13.9 Å². The van der Waals surface area contributed by atoms with Crippen LogP contribution in [0.1, 0.15) is 30.8 Å². The van der Waals surface area contributed by atoms with Crippen molar-refractivity contribution in [2.24, 2.45) is 4.99 Å². The van der Waals surface area contributed by atoms with Gasteiger partial charge in [0.15, 0.2) is 0 Å². The third-order valence-corrected chi connectivity index (χ3v) is 6.10. The average Bonchev–Trinajstić information content (AvgIpc) is 3.19. The van der Waals surface area contributed by atoms with E-state index in [1.54, 1.807) is 7.05 Å². The van der Waals surface area contributed by atoms with Crippen LogP contribution in [0.5, 0.6) is 0 Å². The van der Waals surface area contributed by atoms with Gasteiger partial charge in [-0.3, -0.25) is 19.5 Å². The van der Waals surface area contributed by atoms with Crippen LogP contribution in [0.4, 0.5) is 10.7 Å². The number of morpholine rings is 1. The summed E-state index contributed by atoms with van der Waals surface area (Å²) >= 11 is 0. The van der Waals surface area contributed by atoms with Crippen molar-refractivity contribution in [3.05, 3.63) is 11.4 Å². The fourth-order valence-electron chi connectivity index (χ4n) is 4.34. The normalized spacial score (nSPS) is 22.6. The first kappa shape index (κ1) is 19.1. The smallest absolute Gasteiger partial charge is 0.379 e. The second-order valence-corrected chi connectivity index (χ2v) is 7.60. The van der Waals surface area contributed by atoms with Gasteiger partial charge in [-0.1, -0.05) is 4.99 Å². The molecule has 9 heteroatoms. The third kappa shape index (κ3) is 2.84. The molecule has 28 heavy (non-hydrogen) atoms. The summed E-state index contributed by atoms with van der Waals surface area (Å²) in [5, 5.41) is 0. The molecule has 2 saturated heterocycles. The van der Waals surface area contributed by atoms with Crippen LogP contribution in [0.25, 0.3) is 0 Å². The van der Waals surface area contributed by atoms with Gasteiger partial charge in [0.1, 0.15) is 11.4 Å². The monoisotopic (exact) mass is 389 g/mol. The molecule has 152 valence electrons. The first-order valence-corrected chi connectivity index (χ1v) is 10.0. The Bertz CT molecular complexity index is 839. The minimum Gasteiger partial charge on any atom is -0.379 e. The van der Waals surface area contributed by atoms with E-state index in [4.69, 9.17) is 9.73 Å². The van der Waals surface area contributed by atoms with Crippen molar-refractivity contribution < 1.29 is 18.9 Å². The fourth-order valence-corrected chi connectivity index (χ4v) is 4.34. The van der Waals surface area contributed by atoms with Crippen LogP contribution in [-0.4, -0.2) is 83.5 Å².